The van der Waals surface area contributed by atoms with Gasteiger partial charge in [0.25, 0.3) is 5.56 Å². The number of hydrogen-bond donors (Lipinski definition) is 1. The van der Waals surface area contributed by atoms with E-state index >= 15 is 0 Å². The van der Waals surface area contributed by atoms with E-state index in [9.17, 15) is 24.3 Å². The van der Waals surface area contributed by atoms with Crippen LogP contribution in [0.5, 0.6) is 11.5 Å². The number of benzene rings is 2. The number of phenolic OH excluding ortho intramolecular Hbond substituents is 1. The molecule has 0 fully saturated rings. The minimum absolute atomic E-state index is 0.0365. The van der Waals surface area contributed by atoms with Crippen molar-refractivity contribution in [2.24, 2.45) is 7.05 Å². The zero-order valence-electron chi connectivity index (χ0n) is 22.1. The Balaban J connectivity index is 1.67. The molecule has 202 valence electrons. The maximum atomic E-state index is 13.4. The number of para-hydroxylation sites is 1. The molecule has 0 saturated carbocycles. The van der Waals surface area contributed by atoms with E-state index in [1.807, 2.05) is 30.3 Å². The molecule has 8 heteroatoms. The zero-order chi connectivity index (χ0) is 27.7. The van der Waals surface area contributed by atoms with Crippen LogP contribution in [-0.4, -0.2) is 33.5 Å². The molecule has 0 radical (unpaired) electrons. The molecular formula is C31H31NO7. The van der Waals surface area contributed by atoms with Gasteiger partial charge in [-0.1, -0.05) is 30.4 Å². The number of hydrogen-bond acceptors (Lipinski definition) is 7. The average molecular weight is 530 g/mol. The summed E-state index contributed by atoms with van der Waals surface area (Å²) >= 11 is 0. The maximum absolute atomic E-state index is 13.4. The summed E-state index contributed by atoms with van der Waals surface area (Å²) in [6, 6.07) is 10.7. The third-order valence-corrected chi connectivity index (χ3v) is 7.51. The van der Waals surface area contributed by atoms with Crippen molar-refractivity contribution >= 4 is 34.7 Å². The minimum Gasteiger partial charge on any atom is -0.507 e. The number of ketones is 1. The van der Waals surface area contributed by atoms with E-state index < -0.39 is 24.0 Å². The number of carbonyl (C=O) groups excluding carboxylic acids is 3. The molecule has 1 aromatic heterocycles. The lowest BCUT2D eigenvalue weighted by Crippen LogP contribution is -2.29. The van der Waals surface area contributed by atoms with Crippen molar-refractivity contribution in [3.8, 4) is 11.5 Å². The van der Waals surface area contributed by atoms with E-state index in [4.69, 9.17) is 9.47 Å². The first kappa shape index (κ1) is 26.4. The van der Waals surface area contributed by atoms with Crippen LogP contribution in [0.2, 0.25) is 0 Å². The number of fused-ring (bicyclic) bond motifs is 3. The van der Waals surface area contributed by atoms with Gasteiger partial charge in [-0.05, 0) is 61.8 Å². The highest BCUT2D eigenvalue weighted by molar-refractivity contribution is 5.98. The van der Waals surface area contributed by atoms with Crippen LogP contribution in [-0.2, 0) is 21.4 Å². The van der Waals surface area contributed by atoms with E-state index in [2.05, 4.69) is 0 Å². The molecule has 3 heterocycles. The molecule has 2 aromatic carbocycles. The SMILES string of the molecule is C[C@H]1CCCC(=O)CCC/C=C/c2cc3c(c(O)c2C(=O)O1)C(c1cc2ccccc2n(C)c1=O)CC(=O)O3. The Morgan fingerprint density at radius 1 is 1.03 bits per heavy atom. The molecule has 0 aliphatic carbocycles. The molecule has 2 atom stereocenters. The zero-order valence-corrected chi connectivity index (χ0v) is 22.1. The predicted octanol–water partition coefficient (Wildman–Crippen LogP) is 5.17. The topological polar surface area (TPSA) is 112 Å². The van der Waals surface area contributed by atoms with Crippen LogP contribution in [0.15, 0.2) is 47.3 Å². The van der Waals surface area contributed by atoms with Crippen molar-refractivity contribution < 1.29 is 29.0 Å². The summed E-state index contributed by atoms with van der Waals surface area (Å²) in [4.78, 5) is 51.6. The van der Waals surface area contributed by atoms with Gasteiger partial charge in [0.1, 0.15) is 22.8 Å². The molecule has 1 N–H and O–H groups in total. The van der Waals surface area contributed by atoms with Gasteiger partial charge < -0.3 is 19.1 Å². The number of esters is 2. The molecule has 2 aliphatic rings. The molecule has 8 nitrogen and oxygen atoms in total. The summed E-state index contributed by atoms with van der Waals surface area (Å²) in [5.74, 6) is -2.15. The molecule has 0 amide bonds. The predicted molar refractivity (Wildman–Crippen MR) is 146 cm³/mol. The van der Waals surface area contributed by atoms with Crippen LogP contribution in [0.4, 0.5) is 0 Å². The fraction of sp³-hybridized carbons (Fsp3) is 0.355. The van der Waals surface area contributed by atoms with Gasteiger partial charge in [-0.2, -0.15) is 0 Å². The van der Waals surface area contributed by atoms with Crippen LogP contribution in [0, 0.1) is 0 Å². The summed E-state index contributed by atoms with van der Waals surface area (Å²) in [5, 5.41) is 12.4. The van der Waals surface area contributed by atoms with Crippen LogP contribution >= 0.6 is 0 Å². The highest BCUT2D eigenvalue weighted by Gasteiger charge is 2.37. The number of carbonyl (C=O) groups is 3. The average Bonchev–Trinajstić information content (AvgIpc) is 2.89. The smallest absolute Gasteiger partial charge is 0.342 e. The van der Waals surface area contributed by atoms with Gasteiger partial charge in [-0.15, -0.1) is 0 Å². The summed E-state index contributed by atoms with van der Waals surface area (Å²) in [7, 11) is 1.66. The number of aromatic nitrogens is 1. The van der Waals surface area contributed by atoms with Crippen molar-refractivity contribution in [3.63, 3.8) is 0 Å². The third-order valence-electron chi connectivity index (χ3n) is 7.51. The number of rotatable bonds is 1. The van der Waals surface area contributed by atoms with Gasteiger partial charge in [-0.3, -0.25) is 14.4 Å². The Kier molecular flexibility index (Phi) is 7.37. The number of Topliss-reactive ketones (excluding diaryl/α,β-unsaturated/α-hetero) is 1. The third kappa shape index (κ3) is 5.24. The van der Waals surface area contributed by atoms with Crippen LogP contribution in [0.3, 0.4) is 0 Å². The van der Waals surface area contributed by atoms with Gasteiger partial charge in [0, 0.05) is 36.9 Å². The summed E-state index contributed by atoms with van der Waals surface area (Å²) in [5.41, 5.74) is 1.28. The first-order valence-electron chi connectivity index (χ1n) is 13.3. The number of cyclic esters (lactones) is 1. The molecule has 0 spiro atoms. The number of phenols is 1. The van der Waals surface area contributed by atoms with Crippen LogP contribution in [0.25, 0.3) is 17.0 Å². The summed E-state index contributed by atoms with van der Waals surface area (Å²) < 4.78 is 12.7. The Bertz CT molecular complexity index is 1570. The number of allylic oxidation sites excluding steroid dienone is 1. The second kappa shape index (κ2) is 10.9. The number of ether oxygens (including phenoxy) is 2. The molecular weight excluding hydrogens is 498 g/mol. The van der Waals surface area contributed by atoms with E-state index in [1.54, 1.807) is 32.2 Å². The lowest BCUT2D eigenvalue weighted by atomic mass is 9.83. The normalized spacial score (nSPS) is 21.3. The van der Waals surface area contributed by atoms with E-state index in [0.717, 1.165) is 10.9 Å². The highest BCUT2D eigenvalue weighted by Crippen LogP contribution is 2.46. The Hall–Kier alpha value is -4.20. The molecule has 1 unspecified atom stereocenters. The molecule has 3 aromatic rings. The maximum Gasteiger partial charge on any atom is 0.342 e. The molecule has 5 rings (SSSR count). The Morgan fingerprint density at radius 3 is 2.62 bits per heavy atom. The number of pyridine rings is 1. The Labute approximate surface area is 225 Å². The number of aryl methyl sites for hydroxylation is 1. The van der Waals surface area contributed by atoms with Gasteiger partial charge in [0.2, 0.25) is 0 Å². The fourth-order valence-corrected chi connectivity index (χ4v) is 5.48. The molecule has 2 aliphatic heterocycles. The van der Waals surface area contributed by atoms with E-state index in [-0.39, 0.29) is 40.4 Å². The monoisotopic (exact) mass is 529 g/mol. The second-order valence-electron chi connectivity index (χ2n) is 10.3. The summed E-state index contributed by atoms with van der Waals surface area (Å²) in [6.07, 6.45) is 6.16. The quantitative estimate of drug-likeness (QED) is 0.342. The molecule has 39 heavy (non-hydrogen) atoms. The first-order valence-corrected chi connectivity index (χ1v) is 13.3. The molecule has 0 bridgehead atoms. The van der Waals surface area contributed by atoms with Gasteiger partial charge in [0.15, 0.2) is 0 Å². The van der Waals surface area contributed by atoms with Crippen molar-refractivity contribution in [2.45, 2.75) is 63.9 Å². The fourth-order valence-electron chi connectivity index (χ4n) is 5.48. The summed E-state index contributed by atoms with van der Waals surface area (Å²) in [6.45, 7) is 1.75. The van der Waals surface area contributed by atoms with E-state index in [1.165, 1.54) is 4.57 Å². The number of aromatic hydroxyl groups is 1. The lowest BCUT2D eigenvalue weighted by molar-refractivity contribution is -0.135. The van der Waals surface area contributed by atoms with Crippen molar-refractivity contribution in [1.29, 1.82) is 0 Å². The van der Waals surface area contributed by atoms with Gasteiger partial charge >= 0.3 is 11.9 Å². The van der Waals surface area contributed by atoms with Crippen LogP contribution in [0.1, 0.15) is 84.8 Å². The Morgan fingerprint density at radius 2 is 1.79 bits per heavy atom. The van der Waals surface area contributed by atoms with Crippen molar-refractivity contribution in [3.05, 3.63) is 75.1 Å². The van der Waals surface area contributed by atoms with Crippen molar-refractivity contribution in [1.82, 2.24) is 4.57 Å². The first-order chi connectivity index (χ1) is 18.7. The van der Waals surface area contributed by atoms with Gasteiger partial charge in [-0.25, -0.2) is 4.79 Å². The van der Waals surface area contributed by atoms with Crippen LogP contribution < -0.4 is 10.3 Å². The number of nitrogens with zero attached hydrogens (tertiary/aromatic N) is 1. The van der Waals surface area contributed by atoms with E-state index in [0.29, 0.717) is 49.7 Å². The van der Waals surface area contributed by atoms with Gasteiger partial charge in [0.05, 0.1) is 18.0 Å². The van der Waals surface area contributed by atoms with Crippen molar-refractivity contribution in [2.75, 3.05) is 0 Å². The molecule has 0 saturated heterocycles. The second-order valence-corrected chi connectivity index (χ2v) is 10.3. The standard InChI is InChI=1S/C31H31NO7/c1-18-9-8-13-21(33)12-5-3-4-11-20-16-25-28(29(35)27(20)31(37)38-18)22(17-26(34)39-25)23-15-19-10-6-7-14-24(19)32(2)30(23)36/h4,6-7,10-11,14-16,18,22,35H,3,5,8-9,12-13,17H2,1-2H3/b11-4+/t18-,22?/m0/s1. The lowest BCUT2D eigenvalue weighted by Gasteiger charge is -2.27. The highest BCUT2D eigenvalue weighted by atomic mass is 16.5. The minimum atomic E-state index is -0.817. The largest absolute Gasteiger partial charge is 0.507 e.